The first-order valence-corrected chi connectivity index (χ1v) is 7.00. The van der Waals surface area contributed by atoms with Gasteiger partial charge in [0.25, 0.3) is 10.1 Å². The summed E-state index contributed by atoms with van der Waals surface area (Å²) in [5.41, 5.74) is 0. The van der Waals surface area contributed by atoms with Gasteiger partial charge in [0.1, 0.15) is 0 Å². The lowest BCUT2D eigenvalue weighted by Gasteiger charge is -2.08. The Morgan fingerprint density at radius 2 is 2.08 bits per heavy atom. The molecule has 0 aliphatic heterocycles. The van der Waals surface area contributed by atoms with Gasteiger partial charge in [-0.15, -0.1) is 0 Å². The molecule has 0 heterocycles. The molecule has 74 valence electrons. The van der Waals surface area contributed by atoms with Crippen LogP contribution in [-0.2, 0) is 14.3 Å². The zero-order chi connectivity index (χ0) is 9.61. The summed E-state index contributed by atoms with van der Waals surface area (Å²) in [4.78, 5) is 0. The van der Waals surface area contributed by atoms with E-state index in [2.05, 4.69) is 4.18 Å². The number of hydrogen-bond acceptors (Lipinski definition) is 4. The van der Waals surface area contributed by atoms with E-state index in [-0.39, 0.29) is 0 Å². The van der Waals surface area contributed by atoms with Crippen LogP contribution in [0.3, 0.4) is 0 Å². The summed E-state index contributed by atoms with van der Waals surface area (Å²) in [6.45, 7) is 2.29. The van der Waals surface area contributed by atoms with Crippen molar-refractivity contribution in [3.8, 4) is 0 Å². The van der Waals surface area contributed by atoms with Crippen molar-refractivity contribution in [3.05, 3.63) is 0 Å². The highest BCUT2D eigenvalue weighted by Gasteiger charge is 2.06. The third kappa shape index (κ3) is 8.36. The number of thioether (sulfide) groups is 1. The molecule has 0 saturated heterocycles. The van der Waals surface area contributed by atoms with Gasteiger partial charge in [-0.2, -0.15) is 20.2 Å². The van der Waals surface area contributed by atoms with E-state index in [0.29, 0.717) is 12.5 Å². The van der Waals surface area contributed by atoms with Crippen LogP contribution < -0.4 is 0 Å². The Balaban J connectivity index is 3.51. The van der Waals surface area contributed by atoms with E-state index in [1.54, 1.807) is 11.8 Å². The fraction of sp³-hybridized carbons (Fsp3) is 1.00. The second kappa shape index (κ2) is 5.83. The van der Waals surface area contributed by atoms with Gasteiger partial charge < -0.3 is 0 Å². The van der Waals surface area contributed by atoms with Crippen LogP contribution in [0.4, 0.5) is 0 Å². The molecule has 0 fully saturated rings. The van der Waals surface area contributed by atoms with Gasteiger partial charge in [0, 0.05) is 0 Å². The standard InChI is InChI=1S/C7H16O3S2/c1-7(4-5-11-2)6-10-12(3,8)9/h7H,4-6H2,1-3H3/t7-/m0/s1. The van der Waals surface area contributed by atoms with Crippen LogP contribution in [0.25, 0.3) is 0 Å². The maximum Gasteiger partial charge on any atom is 0.264 e. The van der Waals surface area contributed by atoms with Crippen molar-refractivity contribution < 1.29 is 12.6 Å². The molecule has 0 aromatic carbocycles. The molecule has 12 heavy (non-hydrogen) atoms. The van der Waals surface area contributed by atoms with Crippen LogP contribution in [0, 0.1) is 5.92 Å². The highest BCUT2D eigenvalue weighted by atomic mass is 32.2. The number of rotatable bonds is 6. The molecular weight excluding hydrogens is 196 g/mol. The summed E-state index contributed by atoms with van der Waals surface area (Å²) in [5.74, 6) is 1.36. The van der Waals surface area contributed by atoms with Crippen LogP contribution >= 0.6 is 11.8 Å². The van der Waals surface area contributed by atoms with E-state index in [1.807, 2.05) is 13.2 Å². The first-order chi connectivity index (χ1) is 5.45. The van der Waals surface area contributed by atoms with Crippen molar-refractivity contribution in [1.29, 1.82) is 0 Å². The van der Waals surface area contributed by atoms with Gasteiger partial charge in [0.2, 0.25) is 0 Å². The summed E-state index contributed by atoms with van der Waals surface area (Å²) in [6, 6.07) is 0. The first kappa shape index (κ1) is 12.3. The Morgan fingerprint density at radius 3 is 2.50 bits per heavy atom. The first-order valence-electron chi connectivity index (χ1n) is 3.79. The van der Waals surface area contributed by atoms with E-state index in [0.717, 1.165) is 18.4 Å². The molecular formula is C7H16O3S2. The van der Waals surface area contributed by atoms with Crippen molar-refractivity contribution in [1.82, 2.24) is 0 Å². The minimum Gasteiger partial charge on any atom is -0.270 e. The fourth-order valence-corrected chi connectivity index (χ4v) is 1.76. The summed E-state index contributed by atoms with van der Waals surface area (Å²) in [5, 5.41) is 0. The molecule has 0 radical (unpaired) electrons. The predicted molar refractivity (Wildman–Crippen MR) is 53.0 cm³/mol. The Morgan fingerprint density at radius 1 is 1.50 bits per heavy atom. The smallest absolute Gasteiger partial charge is 0.264 e. The van der Waals surface area contributed by atoms with Crippen molar-refractivity contribution >= 4 is 21.9 Å². The molecule has 5 heteroatoms. The Kier molecular flexibility index (Phi) is 5.96. The van der Waals surface area contributed by atoms with Gasteiger partial charge in [-0.05, 0) is 24.3 Å². The molecule has 1 atom stereocenters. The number of hydrogen-bond donors (Lipinski definition) is 0. The highest BCUT2D eigenvalue weighted by Crippen LogP contribution is 2.08. The molecule has 0 bridgehead atoms. The van der Waals surface area contributed by atoms with Crippen molar-refractivity contribution in [2.75, 3.05) is 24.9 Å². The molecule has 0 aromatic heterocycles. The van der Waals surface area contributed by atoms with Crippen LogP contribution in [0.15, 0.2) is 0 Å². The van der Waals surface area contributed by atoms with Crippen molar-refractivity contribution in [3.63, 3.8) is 0 Å². The fourth-order valence-electron chi connectivity index (χ4n) is 0.642. The van der Waals surface area contributed by atoms with Crippen LogP contribution in [-0.4, -0.2) is 33.3 Å². The van der Waals surface area contributed by atoms with Gasteiger partial charge in [-0.1, -0.05) is 6.92 Å². The molecule has 0 saturated carbocycles. The van der Waals surface area contributed by atoms with Crippen LogP contribution in [0.2, 0.25) is 0 Å². The average molecular weight is 212 g/mol. The minimum atomic E-state index is -3.25. The van der Waals surface area contributed by atoms with E-state index in [4.69, 9.17) is 0 Å². The van der Waals surface area contributed by atoms with Crippen molar-refractivity contribution in [2.24, 2.45) is 5.92 Å². The van der Waals surface area contributed by atoms with E-state index in [9.17, 15) is 8.42 Å². The normalized spacial score (nSPS) is 14.6. The molecule has 0 spiro atoms. The zero-order valence-electron chi connectivity index (χ0n) is 7.74. The van der Waals surface area contributed by atoms with Gasteiger partial charge in [0.15, 0.2) is 0 Å². The van der Waals surface area contributed by atoms with E-state index in [1.165, 1.54) is 0 Å². The molecule has 0 aromatic rings. The third-order valence-corrected chi connectivity index (χ3v) is 2.59. The molecule has 0 N–H and O–H groups in total. The lowest BCUT2D eigenvalue weighted by atomic mass is 10.1. The van der Waals surface area contributed by atoms with Gasteiger partial charge >= 0.3 is 0 Å². The van der Waals surface area contributed by atoms with Gasteiger partial charge in [-0.3, -0.25) is 4.18 Å². The maximum absolute atomic E-state index is 10.6. The monoisotopic (exact) mass is 212 g/mol. The van der Waals surface area contributed by atoms with Gasteiger partial charge in [0.05, 0.1) is 12.9 Å². The second-order valence-electron chi connectivity index (χ2n) is 2.88. The zero-order valence-corrected chi connectivity index (χ0v) is 9.37. The quantitative estimate of drug-likeness (QED) is 0.623. The summed E-state index contributed by atoms with van der Waals surface area (Å²) >= 11 is 1.76. The predicted octanol–water partition coefficient (Wildman–Crippen LogP) is 1.35. The van der Waals surface area contributed by atoms with Crippen LogP contribution in [0.5, 0.6) is 0 Å². The Labute approximate surface area is 79.0 Å². The Bertz CT molecular complexity index is 199. The summed E-state index contributed by atoms with van der Waals surface area (Å²) in [7, 11) is -3.25. The van der Waals surface area contributed by atoms with Gasteiger partial charge in [-0.25, -0.2) is 0 Å². The third-order valence-electron chi connectivity index (χ3n) is 1.38. The average Bonchev–Trinajstić information content (AvgIpc) is 1.95. The second-order valence-corrected chi connectivity index (χ2v) is 5.50. The lowest BCUT2D eigenvalue weighted by molar-refractivity contribution is 0.264. The summed E-state index contributed by atoms with van der Waals surface area (Å²) < 4.78 is 25.8. The molecule has 0 rings (SSSR count). The summed E-state index contributed by atoms with van der Waals surface area (Å²) in [6.07, 6.45) is 4.11. The molecule has 0 amide bonds. The molecule has 0 aliphatic rings. The topological polar surface area (TPSA) is 43.4 Å². The molecule has 0 aliphatic carbocycles. The van der Waals surface area contributed by atoms with E-state index < -0.39 is 10.1 Å². The highest BCUT2D eigenvalue weighted by molar-refractivity contribution is 7.98. The molecule has 0 unspecified atom stereocenters. The lowest BCUT2D eigenvalue weighted by Crippen LogP contribution is -2.11. The largest absolute Gasteiger partial charge is 0.270 e. The SMILES string of the molecule is CSCC[C@H](C)COS(C)(=O)=O. The Hall–Kier alpha value is 0.260. The molecule has 3 nitrogen and oxygen atoms in total. The maximum atomic E-state index is 10.6. The van der Waals surface area contributed by atoms with Crippen molar-refractivity contribution in [2.45, 2.75) is 13.3 Å². The minimum absolute atomic E-state index is 0.305. The van der Waals surface area contributed by atoms with Crippen LogP contribution in [0.1, 0.15) is 13.3 Å². The van der Waals surface area contributed by atoms with E-state index >= 15 is 0 Å².